The Labute approximate surface area is 77.1 Å². The van der Waals surface area contributed by atoms with Crippen LogP contribution in [0.15, 0.2) is 0 Å². The van der Waals surface area contributed by atoms with Gasteiger partial charge in [-0.3, -0.25) is 0 Å². The minimum atomic E-state index is 0. The maximum atomic E-state index is 5.75. The van der Waals surface area contributed by atoms with Crippen LogP contribution in [-0.4, -0.2) is 28.2 Å². The van der Waals surface area contributed by atoms with Gasteiger partial charge in [-0.05, 0) is 0 Å². The third-order valence-electron chi connectivity index (χ3n) is 0. The second-order valence-electron chi connectivity index (χ2n) is 0. The molecule has 0 radical (unpaired) electrons. The van der Waals surface area contributed by atoms with Gasteiger partial charge < -0.3 is 22.9 Å². The van der Waals surface area contributed by atoms with Crippen molar-refractivity contribution < 1.29 is 25.8 Å². The molecule has 0 bridgehead atoms. The predicted octanol–water partition coefficient (Wildman–Crippen LogP) is 2.67. The molecular weight excluding hydrogens is 283 g/mol. The fraction of sp³-hybridized carbons (Fsp3) is 1.00. The quantitative estimate of drug-likeness (QED) is 0.615. The number of hydrogen-bond acceptors (Lipinski definition) is 0. The van der Waals surface area contributed by atoms with E-state index >= 15 is 0 Å². The van der Waals surface area contributed by atoms with Gasteiger partial charge in [-0.25, -0.2) is 0 Å². The van der Waals surface area contributed by atoms with E-state index < -0.39 is 0 Å². The van der Waals surface area contributed by atoms with Crippen LogP contribution < -0.4 is 0 Å². The van der Waals surface area contributed by atoms with Crippen LogP contribution in [-0.2, 0) is 25.8 Å². The Morgan fingerprint density at radius 1 is 0.444 bits per heavy atom. The summed E-state index contributed by atoms with van der Waals surface area (Å²) in [4.78, 5) is 0. The van der Waals surface area contributed by atoms with Crippen molar-refractivity contribution in [2.75, 3.05) is 28.2 Å². The van der Waals surface area contributed by atoms with E-state index in [2.05, 4.69) is 0 Å². The molecule has 0 aromatic rings. The van der Waals surface area contributed by atoms with Crippen molar-refractivity contribution in [3.8, 4) is 0 Å². The minimum absolute atomic E-state index is 0. The van der Waals surface area contributed by atoms with Crippen LogP contribution in [0, 0.1) is 0 Å². The van der Waals surface area contributed by atoms with E-state index in [1.807, 2.05) is 0 Å². The van der Waals surface area contributed by atoms with E-state index in [-0.39, 0.29) is 25.8 Å². The first-order valence-corrected chi connectivity index (χ1v) is 2.00. The van der Waals surface area contributed by atoms with Crippen molar-refractivity contribution in [2.24, 2.45) is 0 Å². The van der Waals surface area contributed by atoms with Crippen LogP contribution in [0.1, 0.15) is 0 Å². The van der Waals surface area contributed by atoms with Gasteiger partial charge in [-0.15, -0.1) is 0 Å². The Hall–Kier alpha value is 0.710. The summed E-state index contributed by atoms with van der Waals surface area (Å²) in [6.07, 6.45) is 0. The summed E-state index contributed by atoms with van der Waals surface area (Å²) in [5.41, 5.74) is 23.0. The molecule has 0 amide bonds. The number of hydrogen-bond donors (Lipinski definition) is 0. The largest absolute Gasteiger partial charge is 4.00 e. The van der Waals surface area contributed by atoms with Gasteiger partial charge in [0.2, 0.25) is 0 Å². The average molecular weight is 299 g/mol. The smallest absolute Gasteiger partial charge is 0.680 e. The van der Waals surface area contributed by atoms with E-state index in [4.69, 9.17) is 22.9 Å². The molecule has 0 rings (SSSR count). The summed E-state index contributed by atoms with van der Waals surface area (Å²) < 4.78 is 0. The molecular formula is C4H16HfN4. The van der Waals surface area contributed by atoms with Crippen molar-refractivity contribution >= 4 is 0 Å². The molecule has 5 heteroatoms. The summed E-state index contributed by atoms with van der Waals surface area (Å²) in [6, 6.07) is 0. The zero-order valence-electron chi connectivity index (χ0n) is 6.50. The molecule has 4 nitrogen and oxygen atoms in total. The van der Waals surface area contributed by atoms with E-state index in [9.17, 15) is 0 Å². The van der Waals surface area contributed by atoms with Crippen LogP contribution in [0.2, 0.25) is 0 Å². The number of rotatable bonds is 0. The predicted molar refractivity (Wildman–Crippen MR) is 41.0 cm³/mol. The summed E-state index contributed by atoms with van der Waals surface area (Å²) in [5.74, 6) is 0. The van der Waals surface area contributed by atoms with Crippen molar-refractivity contribution in [2.45, 2.75) is 0 Å². The summed E-state index contributed by atoms with van der Waals surface area (Å²) in [7, 11) is 5.00. The fourth-order valence-corrected chi connectivity index (χ4v) is 0. The van der Waals surface area contributed by atoms with Gasteiger partial charge in [-0.2, -0.15) is 28.2 Å². The van der Waals surface area contributed by atoms with Crippen LogP contribution in [0.3, 0.4) is 0 Å². The second-order valence-corrected chi connectivity index (χ2v) is 0. The third-order valence-corrected chi connectivity index (χ3v) is 0. The number of nitrogens with one attached hydrogen (secondary N) is 4. The summed E-state index contributed by atoms with van der Waals surface area (Å²) in [6.45, 7) is 0. The van der Waals surface area contributed by atoms with Crippen molar-refractivity contribution in [3.05, 3.63) is 22.9 Å². The molecule has 0 aliphatic heterocycles. The normalized spacial score (nSPS) is 2.67. The molecule has 0 heterocycles. The molecule has 0 aliphatic rings. The van der Waals surface area contributed by atoms with Gasteiger partial charge in [0.25, 0.3) is 0 Å². The minimum Gasteiger partial charge on any atom is -0.680 e. The molecule has 56 valence electrons. The van der Waals surface area contributed by atoms with Gasteiger partial charge in [0.1, 0.15) is 0 Å². The summed E-state index contributed by atoms with van der Waals surface area (Å²) >= 11 is 0. The Morgan fingerprint density at radius 3 is 0.444 bits per heavy atom. The first-order valence-electron chi connectivity index (χ1n) is 2.00. The van der Waals surface area contributed by atoms with Crippen LogP contribution in [0.25, 0.3) is 22.9 Å². The van der Waals surface area contributed by atoms with Gasteiger partial charge >= 0.3 is 25.8 Å². The maximum absolute atomic E-state index is 5.75. The van der Waals surface area contributed by atoms with Gasteiger partial charge in [-0.1, -0.05) is 0 Å². The molecule has 0 atom stereocenters. The Balaban J connectivity index is -0.00000000762. The molecule has 0 saturated carbocycles. The van der Waals surface area contributed by atoms with E-state index in [0.29, 0.717) is 0 Å². The molecule has 0 fully saturated rings. The van der Waals surface area contributed by atoms with Crippen molar-refractivity contribution in [1.82, 2.24) is 0 Å². The molecule has 9 heavy (non-hydrogen) atoms. The van der Waals surface area contributed by atoms with Crippen molar-refractivity contribution in [3.63, 3.8) is 0 Å². The van der Waals surface area contributed by atoms with Crippen LogP contribution in [0.5, 0.6) is 0 Å². The Bertz CT molecular complexity index is 12.5. The second kappa shape index (κ2) is 1030. The molecule has 0 saturated heterocycles. The van der Waals surface area contributed by atoms with Gasteiger partial charge in [0.15, 0.2) is 0 Å². The zero-order valence-corrected chi connectivity index (χ0v) is 10.1. The van der Waals surface area contributed by atoms with Crippen LogP contribution in [0.4, 0.5) is 0 Å². The first-order chi connectivity index (χ1) is 4.00. The first kappa shape index (κ1) is 33.2. The zero-order chi connectivity index (χ0) is 8.00. The monoisotopic (exact) mass is 300 g/mol. The maximum Gasteiger partial charge on any atom is 4.00 e. The van der Waals surface area contributed by atoms with E-state index in [1.54, 1.807) is 0 Å². The Morgan fingerprint density at radius 2 is 0.444 bits per heavy atom. The summed E-state index contributed by atoms with van der Waals surface area (Å²) in [5, 5.41) is 0. The van der Waals surface area contributed by atoms with E-state index in [1.165, 1.54) is 28.2 Å². The average Bonchev–Trinajstić information content (AvgIpc) is 2.03. The molecule has 4 N–H and O–H groups in total. The topological polar surface area (TPSA) is 95.2 Å². The standard InChI is InChI=1S/4CH4N.Hf/c4*1-2;/h4*2H,1H3;/q4*-1;+4. The molecule has 0 aromatic carbocycles. The molecule has 0 spiro atoms. The van der Waals surface area contributed by atoms with Gasteiger partial charge in [0, 0.05) is 0 Å². The fourth-order valence-electron chi connectivity index (χ4n) is 0. The third kappa shape index (κ3) is 778. The SMILES string of the molecule is C[NH-].C[NH-].C[NH-].C[NH-].[Hf+4]. The molecule has 0 aliphatic carbocycles. The Kier molecular flexibility index (Phi) is 3790. The van der Waals surface area contributed by atoms with Gasteiger partial charge in [0.05, 0.1) is 0 Å². The van der Waals surface area contributed by atoms with Crippen molar-refractivity contribution in [1.29, 1.82) is 0 Å². The molecule has 0 unspecified atom stereocenters. The molecule has 0 aromatic heterocycles. The van der Waals surface area contributed by atoms with E-state index in [0.717, 1.165) is 0 Å². The van der Waals surface area contributed by atoms with Crippen LogP contribution >= 0.6 is 0 Å².